The van der Waals surface area contributed by atoms with Gasteiger partial charge in [-0.1, -0.05) is 0 Å². The Morgan fingerprint density at radius 3 is 2.68 bits per heavy atom. The molecule has 0 amide bonds. The second kappa shape index (κ2) is 4.19. The zero-order valence-corrected chi connectivity index (χ0v) is 11.0. The molecule has 1 aromatic carbocycles. The van der Waals surface area contributed by atoms with Crippen LogP contribution in [0.5, 0.6) is 0 Å². The van der Waals surface area contributed by atoms with Gasteiger partial charge in [0.25, 0.3) is 0 Å². The van der Waals surface area contributed by atoms with Crippen LogP contribution in [0, 0.1) is 5.82 Å². The van der Waals surface area contributed by atoms with E-state index in [2.05, 4.69) is 4.98 Å². The normalized spacial score (nSPS) is 19.8. The molecule has 1 aliphatic rings. The molecule has 102 valence electrons. The first-order valence-electron chi connectivity index (χ1n) is 6.10. The summed E-state index contributed by atoms with van der Waals surface area (Å²) in [6, 6.07) is 4.34. The van der Waals surface area contributed by atoms with E-state index < -0.39 is 9.84 Å². The number of aromatic nitrogens is 2. The van der Waals surface area contributed by atoms with E-state index in [0.717, 1.165) is 5.52 Å². The van der Waals surface area contributed by atoms with Gasteiger partial charge in [-0.3, -0.25) is 0 Å². The number of rotatable bonds is 1. The second-order valence-corrected chi connectivity index (χ2v) is 7.16. The number of nitrogens with zero attached hydrogens (tertiary/aromatic N) is 2. The van der Waals surface area contributed by atoms with Gasteiger partial charge in [-0.05, 0) is 25.0 Å². The molecule has 0 bridgehead atoms. The lowest BCUT2D eigenvalue weighted by atomic mass is 10.1. The van der Waals surface area contributed by atoms with E-state index in [9.17, 15) is 12.8 Å². The minimum absolute atomic E-state index is 0.0130. The Kier molecular flexibility index (Phi) is 2.74. The minimum atomic E-state index is -2.91. The summed E-state index contributed by atoms with van der Waals surface area (Å²) in [6.07, 6.45) is 1.05. The number of imidazole rings is 1. The van der Waals surface area contributed by atoms with Crippen LogP contribution in [0.4, 0.5) is 10.3 Å². The topological polar surface area (TPSA) is 78.0 Å². The van der Waals surface area contributed by atoms with E-state index in [0.29, 0.717) is 24.3 Å². The predicted molar refractivity (Wildman–Crippen MR) is 71.0 cm³/mol. The van der Waals surface area contributed by atoms with Crippen molar-refractivity contribution in [2.45, 2.75) is 18.9 Å². The summed E-state index contributed by atoms with van der Waals surface area (Å²) in [6.45, 7) is 0. The van der Waals surface area contributed by atoms with E-state index in [-0.39, 0.29) is 23.4 Å². The number of nitrogen functional groups attached to an aromatic ring is 1. The molecule has 7 heteroatoms. The summed E-state index contributed by atoms with van der Waals surface area (Å²) in [7, 11) is -2.91. The zero-order valence-electron chi connectivity index (χ0n) is 10.2. The summed E-state index contributed by atoms with van der Waals surface area (Å²) in [5.74, 6) is 0.281. The molecule has 1 aliphatic heterocycles. The first kappa shape index (κ1) is 12.4. The number of nitrogens with two attached hydrogens (primary N) is 1. The average Bonchev–Trinajstić information content (AvgIpc) is 2.65. The summed E-state index contributed by atoms with van der Waals surface area (Å²) in [5.41, 5.74) is 7.14. The maximum Gasteiger partial charge on any atom is 0.201 e. The Hall–Kier alpha value is -1.63. The Morgan fingerprint density at radius 2 is 2.00 bits per heavy atom. The largest absolute Gasteiger partial charge is 0.369 e. The van der Waals surface area contributed by atoms with Crippen molar-refractivity contribution in [3.05, 3.63) is 24.0 Å². The summed E-state index contributed by atoms with van der Waals surface area (Å²) in [4.78, 5) is 4.14. The van der Waals surface area contributed by atoms with Gasteiger partial charge in [-0.15, -0.1) is 0 Å². The van der Waals surface area contributed by atoms with Crippen molar-refractivity contribution in [1.29, 1.82) is 0 Å². The number of sulfone groups is 1. The van der Waals surface area contributed by atoms with Gasteiger partial charge >= 0.3 is 0 Å². The molecule has 0 atom stereocenters. The van der Waals surface area contributed by atoms with Crippen LogP contribution in [-0.4, -0.2) is 29.5 Å². The zero-order chi connectivity index (χ0) is 13.6. The predicted octanol–water partition coefficient (Wildman–Crippen LogP) is 1.51. The monoisotopic (exact) mass is 283 g/mol. The van der Waals surface area contributed by atoms with Crippen LogP contribution in [0.3, 0.4) is 0 Å². The van der Waals surface area contributed by atoms with Crippen LogP contribution >= 0.6 is 0 Å². The van der Waals surface area contributed by atoms with Crippen molar-refractivity contribution >= 4 is 26.8 Å². The maximum absolute atomic E-state index is 13.2. The van der Waals surface area contributed by atoms with Crippen LogP contribution in [0.25, 0.3) is 11.0 Å². The average molecular weight is 283 g/mol. The lowest BCUT2D eigenvalue weighted by Crippen LogP contribution is -2.26. The summed E-state index contributed by atoms with van der Waals surface area (Å²) >= 11 is 0. The van der Waals surface area contributed by atoms with Gasteiger partial charge in [0.15, 0.2) is 0 Å². The first-order valence-corrected chi connectivity index (χ1v) is 7.92. The first-order chi connectivity index (χ1) is 8.96. The Morgan fingerprint density at radius 1 is 1.32 bits per heavy atom. The Labute approximate surface area is 110 Å². The third-order valence-electron chi connectivity index (χ3n) is 3.57. The maximum atomic E-state index is 13.2. The van der Waals surface area contributed by atoms with Gasteiger partial charge in [-0.2, -0.15) is 0 Å². The van der Waals surface area contributed by atoms with Crippen LogP contribution in [0.2, 0.25) is 0 Å². The number of halogens is 1. The molecule has 1 aromatic heterocycles. The number of hydrogen-bond donors (Lipinski definition) is 1. The third-order valence-corrected chi connectivity index (χ3v) is 5.28. The van der Waals surface area contributed by atoms with Gasteiger partial charge in [0.2, 0.25) is 5.95 Å². The van der Waals surface area contributed by atoms with E-state index in [1.165, 1.54) is 12.1 Å². The SMILES string of the molecule is Nc1nc2cc(F)ccc2n1C1CCS(=O)(=O)CC1. The van der Waals surface area contributed by atoms with Crippen LogP contribution in [0.1, 0.15) is 18.9 Å². The molecule has 3 rings (SSSR count). The van der Waals surface area contributed by atoms with E-state index in [4.69, 9.17) is 5.73 Å². The molecule has 1 fully saturated rings. The molecular formula is C12H14FN3O2S. The number of benzene rings is 1. The third kappa shape index (κ3) is 2.18. The highest BCUT2D eigenvalue weighted by molar-refractivity contribution is 7.91. The summed E-state index contributed by atoms with van der Waals surface area (Å²) in [5, 5.41) is 0. The van der Waals surface area contributed by atoms with Crippen molar-refractivity contribution in [2.24, 2.45) is 0 Å². The number of hydrogen-bond acceptors (Lipinski definition) is 4. The van der Waals surface area contributed by atoms with Gasteiger partial charge in [-0.25, -0.2) is 17.8 Å². The fraction of sp³-hybridized carbons (Fsp3) is 0.417. The number of fused-ring (bicyclic) bond motifs is 1. The fourth-order valence-corrected chi connectivity index (χ4v) is 4.08. The lowest BCUT2D eigenvalue weighted by Gasteiger charge is -2.24. The van der Waals surface area contributed by atoms with Crippen LogP contribution in [0.15, 0.2) is 18.2 Å². The quantitative estimate of drug-likeness (QED) is 0.860. The second-order valence-electron chi connectivity index (χ2n) is 4.86. The molecule has 0 spiro atoms. The molecule has 0 aliphatic carbocycles. The van der Waals surface area contributed by atoms with Gasteiger partial charge in [0.05, 0.1) is 22.5 Å². The highest BCUT2D eigenvalue weighted by Crippen LogP contribution is 2.30. The smallest absolute Gasteiger partial charge is 0.201 e. The molecule has 2 heterocycles. The highest BCUT2D eigenvalue weighted by Gasteiger charge is 2.27. The molecule has 0 unspecified atom stereocenters. The minimum Gasteiger partial charge on any atom is -0.369 e. The fourth-order valence-electron chi connectivity index (χ4n) is 2.61. The molecular weight excluding hydrogens is 269 g/mol. The van der Waals surface area contributed by atoms with E-state index >= 15 is 0 Å². The molecule has 2 N–H and O–H groups in total. The molecule has 0 radical (unpaired) electrons. The van der Waals surface area contributed by atoms with Crippen molar-refractivity contribution in [2.75, 3.05) is 17.2 Å². The summed E-state index contributed by atoms with van der Waals surface area (Å²) < 4.78 is 37.9. The Balaban J connectivity index is 2.03. The standard InChI is InChI=1S/C12H14FN3O2S/c13-8-1-2-11-10(7-8)15-12(14)16(11)9-3-5-19(17,18)6-4-9/h1-2,7,9H,3-6H2,(H2,14,15). The molecule has 5 nitrogen and oxygen atoms in total. The van der Waals surface area contributed by atoms with E-state index in [1.807, 2.05) is 4.57 Å². The van der Waals surface area contributed by atoms with Crippen LogP contribution < -0.4 is 5.73 Å². The van der Waals surface area contributed by atoms with Gasteiger partial charge in [0, 0.05) is 12.1 Å². The van der Waals surface area contributed by atoms with Gasteiger partial charge < -0.3 is 10.3 Å². The Bertz CT molecular complexity index is 725. The van der Waals surface area contributed by atoms with Crippen molar-refractivity contribution in [1.82, 2.24) is 9.55 Å². The van der Waals surface area contributed by atoms with Crippen LogP contribution in [-0.2, 0) is 9.84 Å². The molecule has 0 saturated carbocycles. The lowest BCUT2D eigenvalue weighted by molar-refractivity contribution is 0.463. The number of anilines is 1. The molecule has 2 aromatic rings. The van der Waals surface area contributed by atoms with Gasteiger partial charge in [0.1, 0.15) is 15.7 Å². The molecule has 1 saturated heterocycles. The van der Waals surface area contributed by atoms with Crippen molar-refractivity contribution < 1.29 is 12.8 Å². The molecule has 19 heavy (non-hydrogen) atoms. The van der Waals surface area contributed by atoms with E-state index in [1.54, 1.807) is 6.07 Å². The van der Waals surface area contributed by atoms with Crippen molar-refractivity contribution in [3.8, 4) is 0 Å². The van der Waals surface area contributed by atoms with Crippen molar-refractivity contribution in [3.63, 3.8) is 0 Å². The highest BCUT2D eigenvalue weighted by atomic mass is 32.2.